The molecule has 0 N–H and O–H groups in total. The van der Waals surface area contributed by atoms with E-state index < -0.39 is 12.1 Å². The van der Waals surface area contributed by atoms with Crippen molar-refractivity contribution in [2.45, 2.75) is 58.2 Å². The monoisotopic (exact) mass is 375 g/mol. The fraction of sp³-hybridized carbons (Fsp3) is 0.524. The topological polar surface area (TPSA) is 65.1 Å². The van der Waals surface area contributed by atoms with Crippen LogP contribution < -0.4 is 9.47 Å². The van der Waals surface area contributed by atoms with E-state index in [1.807, 2.05) is 18.7 Å². The second-order valence-electron chi connectivity index (χ2n) is 6.87. The number of para-hydroxylation sites is 1. The first-order chi connectivity index (χ1) is 12.9. The number of piperidine rings is 1. The number of hydrogen-bond donors (Lipinski definition) is 0. The Balaban J connectivity index is 2.03. The van der Waals surface area contributed by atoms with Crippen LogP contribution in [0.3, 0.4) is 0 Å². The SMILES string of the molecule is COc1cccc(/C=C/C(=O)O[C@H](C)C(=O)N2[C@@H](C)CCC[C@@H]2C)c1OC. The van der Waals surface area contributed by atoms with Gasteiger partial charge in [0.1, 0.15) is 0 Å². The molecule has 6 heteroatoms. The van der Waals surface area contributed by atoms with E-state index >= 15 is 0 Å². The van der Waals surface area contributed by atoms with Crippen LogP contribution in [0.2, 0.25) is 0 Å². The molecule has 0 aromatic heterocycles. The van der Waals surface area contributed by atoms with Gasteiger partial charge < -0.3 is 19.1 Å². The molecule has 3 atom stereocenters. The van der Waals surface area contributed by atoms with Crippen molar-refractivity contribution in [2.24, 2.45) is 0 Å². The normalized spacial score (nSPS) is 21.0. The molecule has 1 aliphatic rings. The summed E-state index contributed by atoms with van der Waals surface area (Å²) in [7, 11) is 3.09. The number of amides is 1. The van der Waals surface area contributed by atoms with Gasteiger partial charge in [-0.25, -0.2) is 4.79 Å². The summed E-state index contributed by atoms with van der Waals surface area (Å²) in [6, 6.07) is 5.71. The van der Waals surface area contributed by atoms with Crippen molar-refractivity contribution in [3.05, 3.63) is 29.8 Å². The van der Waals surface area contributed by atoms with Crippen molar-refractivity contribution in [1.29, 1.82) is 0 Å². The van der Waals surface area contributed by atoms with Gasteiger partial charge in [-0.15, -0.1) is 0 Å². The summed E-state index contributed by atoms with van der Waals surface area (Å²) in [6.07, 6.45) is 5.14. The molecule has 0 aliphatic carbocycles. The maximum atomic E-state index is 12.7. The molecule has 1 aromatic carbocycles. The van der Waals surface area contributed by atoms with Crippen LogP contribution in [0.25, 0.3) is 6.08 Å². The second-order valence-corrected chi connectivity index (χ2v) is 6.87. The quantitative estimate of drug-likeness (QED) is 0.563. The molecule has 6 nitrogen and oxygen atoms in total. The largest absolute Gasteiger partial charge is 0.493 e. The van der Waals surface area contributed by atoms with Gasteiger partial charge in [-0.3, -0.25) is 4.79 Å². The molecule has 1 amide bonds. The van der Waals surface area contributed by atoms with Crippen molar-refractivity contribution in [3.8, 4) is 11.5 Å². The standard InChI is InChI=1S/C21H29NO5/c1-14-8-6-9-15(2)22(14)21(24)16(3)27-19(23)13-12-17-10-7-11-18(25-4)20(17)26-5/h7,10-16H,6,8-9H2,1-5H3/b13-12+/t14-,15-,16+/m0/s1. The molecule has 1 heterocycles. The van der Waals surface area contributed by atoms with E-state index in [1.165, 1.54) is 13.2 Å². The van der Waals surface area contributed by atoms with Gasteiger partial charge in [-0.1, -0.05) is 12.1 Å². The van der Waals surface area contributed by atoms with Crippen LogP contribution in [0.5, 0.6) is 11.5 Å². The molecule has 0 bridgehead atoms. The molecular formula is C21H29NO5. The lowest BCUT2D eigenvalue weighted by Crippen LogP contribution is -2.51. The summed E-state index contributed by atoms with van der Waals surface area (Å²) in [6.45, 7) is 5.70. The molecule has 0 unspecified atom stereocenters. The van der Waals surface area contributed by atoms with E-state index in [2.05, 4.69) is 0 Å². The Hall–Kier alpha value is -2.50. The van der Waals surface area contributed by atoms with Crippen LogP contribution >= 0.6 is 0 Å². The average molecular weight is 375 g/mol. The second kappa shape index (κ2) is 9.44. The number of hydrogen-bond acceptors (Lipinski definition) is 5. The number of carbonyl (C=O) groups excluding carboxylic acids is 2. The highest BCUT2D eigenvalue weighted by Crippen LogP contribution is 2.31. The van der Waals surface area contributed by atoms with E-state index in [1.54, 1.807) is 38.3 Å². The number of methoxy groups -OCH3 is 2. The Morgan fingerprint density at radius 3 is 2.41 bits per heavy atom. The van der Waals surface area contributed by atoms with Gasteiger partial charge in [0.25, 0.3) is 5.91 Å². The highest BCUT2D eigenvalue weighted by molar-refractivity contribution is 5.91. The van der Waals surface area contributed by atoms with Crippen LogP contribution in [-0.2, 0) is 14.3 Å². The van der Waals surface area contributed by atoms with Crippen LogP contribution in [-0.4, -0.2) is 49.2 Å². The summed E-state index contributed by atoms with van der Waals surface area (Å²) >= 11 is 0. The Bertz CT molecular complexity index is 690. The number of ether oxygens (including phenoxy) is 3. The minimum absolute atomic E-state index is 0.143. The van der Waals surface area contributed by atoms with Crippen molar-refractivity contribution in [3.63, 3.8) is 0 Å². The zero-order valence-electron chi connectivity index (χ0n) is 16.7. The Morgan fingerprint density at radius 1 is 1.15 bits per heavy atom. The Labute approximate surface area is 161 Å². The van der Waals surface area contributed by atoms with Gasteiger partial charge in [0.05, 0.1) is 14.2 Å². The van der Waals surface area contributed by atoms with Gasteiger partial charge >= 0.3 is 5.97 Å². The number of benzene rings is 1. The van der Waals surface area contributed by atoms with Crippen LogP contribution in [0.4, 0.5) is 0 Å². The molecule has 0 radical (unpaired) electrons. The third kappa shape index (κ3) is 5.02. The molecule has 148 valence electrons. The van der Waals surface area contributed by atoms with Crippen molar-refractivity contribution < 1.29 is 23.8 Å². The third-order valence-electron chi connectivity index (χ3n) is 4.92. The first kappa shape index (κ1) is 20.8. The molecule has 1 aromatic rings. The summed E-state index contributed by atoms with van der Waals surface area (Å²) in [5, 5.41) is 0. The maximum Gasteiger partial charge on any atom is 0.331 e. The lowest BCUT2D eigenvalue weighted by molar-refractivity contribution is -0.158. The van der Waals surface area contributed by atoms with E-state index in [0.29, 0.717) is 17.1 Å². The molecule has 0 saturated carbocycles. The minimum Gasteiger partial charge on any atom is -0.493 e. The smallest absolute Gasteiger partial charge is 0.331 e. The fourth-order valence-corrected chi connectivity index (χ4v) is 3.53. The van der Waals surface area contributed by atoms with Gasteiger partial charge in [-0.05, 0) is 52.2 Å². The zero-order valence-corrected chi connectivity index (χ0v) is 16.7. The highest BCUT2D eigenvalue weighted by atomic mass is 16.5. The fourth-order valence-electron chi connectivity index (χ4n) is 3.53. The highest BCUT2D eigenvalue weighted by Gasteiger charge is 2.32. The Morgan fingerprint density at radius 2 is 1.81 bits per heavy atom. The summed E-state index contributed by atoms with van der Waals surface area (Å²) in [5.41, 5.74) is 0.686. The van der Waals surface area contributed by atoms with E-state index in [9.17, 15) is 9.59 Å². The third-order valence-corrected chi connectivity index (χ3v) is 4.92. The van der Waals surface area contributed by atoms with Crippen molar-refractivity contribution in [2.75, 3.05) is 14.2 Å². The number of rotatable bonds is 6. The van der Waals surface area contributed by atoms with Crippen LogP contribution in [0.1, 0.15) is 45.6 Å². The molecule has 2 rings (SSSR count). The van der Waals surface area contributed by atoms with Gasteiger partial charge in [-0.2, -0.15) is 0 Å². The molecule has 1 aliphatic heterocycles. The summed E-state index contributed by atoms with van der Waals surface area (Å²) in [4.78, 5) is 26.7. The first-order valence-electron chi connectivity index (χ1n) is 9.30. The Kier molecular flexibility index (Phi) is 7.28. The van der Waals surface area contributed by atoms with Gasteiger partial charge in [0.15, 0.2) is 17.6 Å². The van der Waals surface area contributed by atoms with E-state index in [0.717, 1.165) is 19.3 Å². The molecular weight excluding hydrogens is 346 g/mol. The summed E-state index contributed by atoms with van der Waals surface area (Å²) < 4.78 is 15.9. The predicted octanol–water partition coefficient (Wildman–Crippen LogP) is 3.44. The van der Waals surface area contributed by atoms with E-state index in [4.69, 9.17) is 14.2 Å². The van der Waals surface area contributed by atoms with Gasteiger partial charge in [0, 0.05) is 23.7 Å². The number of esters is 1. The predicted molar refractivity (Wildman–Crippen MR) is 104 cm³/mol. The molecule has 0 spiro atoms. The van der Waals surface area contributed by atoms with Crippen LogP contribution in [0, 0.1) is 0 Å². The molecule has 27 heavy (non-hydrogen) atoms. The molecule has 1 fully saturated rings. The number of nitrogens with zero attached hydrogens (tertiary/aromatic N) is 1. The lowest BCUT2D eigenvalue weighted by Gasteiger charge is -2.40. The first-order valence-corrected chi connectivity index (χ1v) is 9.30. The number of likely N-dealkylation sites (tertiary alicyclic amines) is 1. The van der Waals surface area contributed by atoms with Crippen LogP contribution in [0.15, 0.2) is 24.3 Å². The number of carbonyl (C=O) groups is 2. The maximum absolute atomic E-state index is 12.7. The minimum atomic E-state index is -0.822. The lowest BCUT2D eigenvalue weighted by atomic mass is 9.97. The average Bonchev–Trinajstić information content (AvgIpc) is 2.65. The zero-order chi connectivity index (χ0) is 20.0. The molecule has 1 saturated heterocycles. The summed E-state index contributed by atoms with van der Waals surface area (Å²) in [5.74, 6) is 0.391. The van der Waals surface area contributed by atoms with Crippen molar-refractivity contribution >= 4 is 18.0 Å². The van der Waals surface area contributed by atoms with E-state index in [-0.39, 0.29) is 18.0 Å². The van der Waals surface area contributed by atoms with Crippen molar-refractivity contribution in [1.82, 2.24) is 4.90 Å². The van der Waals surface area contributed by atoms with Gasteiger partial charge in [0.2, 0.25) is 0 Å².